The van der Waals surface area contributed by atoms with E-state index in [0.717, 1.165) is 13.1 Å². The quantitative estimate of drug-likeness (QED) is 0.835. The molecule has 1 aliphatic rings. The van der Waals surface area contributed by atoms with Crippen molar-refractivity contribution in [3.63, 3.8) is 0 Å². The number of hydrogen-bond donors (Lipinski definition) is 0. The molecule has 0 saturated carbocycles. The van der Waals surface area contributed by atoms with Crippen molar-refractivity contribution in [2.75, 3.05) is 40.4 Å². The van der Waals surface area contributed by atoms with Crippen LogP contribution >= 0.6 is 0 Å². The van der Waals surface area contributed by atoms with E-state index in [4.69, 9.17) is 13.9 Å². The van der Waals surface area contributed by atoms with Gasteiger partial charge in [0, 0.05) is 51.3 Å². The van der Waals surface area contributed by atoms with Crippen molar-refractivity contribution in [2.45, 2.75) is 13.5 Å². The molecule has 7 nitrogen and oxygen atoms in total. The molecule has 0 unspecified atom stereocenters. The second-order valence-corrected chi connectivity index (χ2v) is 6.06. The Labute approximate surface area is 145 Å². The summed E-state index contributed by atoms with van der Waals surface area (Å²) in [5.74, 6) is 1.68. The molecule has 0 bridgehead atoms. The van der Waals surface area contributed by atoms with Crippen LogP contribution in [-0.2, 0) is 11.3 Å². The number of hydrogen-bond acceptors (Lipinski definition) is 6. The maximum atomic E-state index is 12.5. The molecule has 3 rings (SSSR count). The number of carbonyl (C=O) groups is 1. The van der Waals surface area contributed by atoms with Crippen LogP contribution in [0.2, 0.25) is 0 Å². The van der Waals surface area contributed by atoms with Crippen molar-refractivity contribution >= 4 is 16.9 Å². The first-order valence-corrected chi connectivity index (χ1v) is 8.18. The highest BCUT2D eigenvalue weighted by Crippen LogP contribution is 2.29. The second kappa shape index (κ2) is 7.14. The lowest BCUT2D eigenvalue weighted by molar-refractivity contribution is -0.130. The van der Waals surface area contributed by atoms with Crippen LogP contribution < -0.4 is 14.9 Å². The van der Waals surface area contributed by atoms with Crippen molar-refractivity contribution in [2.24, 2.45) is 0 Å². The zero-order valence-electron chi connectivity index (χ0n) is 14.7. The van der Waals surface area contributed by atoms with Crippen LogP contribution in [0.15, 0.2) is 27.4 Å². The van der Waals surface area contributed by atoms with E-state index in [0.29, 0.717) is 47.9 Å². The monoisotopic (exact) mass is 346 g/mol. The number of methoxy groups -OCH3 is 2. The van der Waals surface area contributed by atoms with E-state index in [1.165, 1.54) is 13.2 Å². The minimum Gasteiger partial charge on any atom is -0.496 e. The molecule has 1 aromatic carbocycles. The molecule has 0 atom stereocenters. The minimum atomic E-state index is -0.141. The SMILES string of the molecule is COc1cc(OC)c2c(=O)cc(CN3CCN(C(C)=O)CC3)oc2c1. The Hall–Kier alpha value is -2.54. The van der Waals surface area contributed by atoms with E-state index in [1.807, 2.05) is 4.90 Å². The first-order chi connectivity index (χ1) is 12.0. The largest absolute Gasteiger partial charge is 0.496 e. The van der Waals surface area contributed by atoms with Gasteiger partial charge in [0.2, 0.25) is 5.91 Å². The molecule has 134 valence electrons. The number of fused-ring (bicyclic) bond motifs is 1. The molecule has 0 aliphatic carbocycles. The highest BCUT2D eigenvalue weighted by molar-refractivity contribution is 5.85. The van der Waals surface area contributed by atoms with Gasteiger partial charge in [0.25, 0.3) is 0 Å². The van der Waals surface area contributed by atoms with Gasteiger partial charge in [0.15, 0.2) is 5.43 Å². The van der Waals surface area contributed by atoms with Crippen LogP contribution in [0.25, 0.3) is 11.0 Å². The summed E-state index contributed by atoms with van der Waals surface area (Å²) in [5, 5.41) is 0.411. The van der Waals surface area contributed by atoms with Crippen LogP contribution in [0.4, 0.5) is 0 Å². The lowest BCUT2D eigenvalue weighted by Crippen LogP contribution is -2.47. The van der Waals surface area contributed by atoms with Crippen molar-refractivity contribution in [1.29, 1.82) is 0 Å². The Morgan fingerprint density at radius 3 is 2.44 bits per heavy atom. The lowest BCUT2D eigenvalue weighted by Gasteiger charge is -2.33. The number of benzene rings is 1. The van der Waals surface area contributed by atoms with Crippen LogP contribution in [0.1, 0.15) is 12.7 Å². The molecule has 0 N–H and O–H groups in total. The van der Waals surface area contributed by atoms with E-state index >= 15 is 0 Å². The van der Waals surface area contributed by atoms with E-state index in [-0.39, 0.29) is 11.3 Å². The molecule has 1 saturated heterocycles. The van der Waals surface area contributed by atoms with Crippen LogP contribution in [-0.4, -0.2) is 56.1 Å². The Kier molecular flexibility index (Phi) is 4.94. The first kappa shape index (κ1) is 17.3. The Bertz CT molecular complexity index is 837. The zero-order valence-corrected chi connectivity index (χ0v) is 14.7. The van der Waals surface area contributed by atoms with E-state index < -0.39 is 0 Å². The molecular formula is C18H22N2O5. The molecule has 1 aromatic heterocycles. The molecule has 2 heterocycles. The second-order valence-electron chi connectivity index (χ2n) is 6.06. The molecule has 1 aliphatic heterocycles. The van der Waals surface area contributed by atoms with Crippen LogP contribution in [0.3, 0.4) is 0 Å². The third kappa shape index (κ3) is 3.61. The fourth-order valence-corrected chi connectivity index (χ4v) is 3.08. The number of amides is 1. The molecule has 7 heteroatoms. The van der Waals surface area contributed by atoms with Crippen LogP contribution in [0.5, 0.6) is 11.5 Å². The number of piperazine rings is 1. The molecule has 0 spiro atoms. The summed E-state index contributed by atoms with van der Waals surface area (Å²) in [5.41, 5.74) is 0.305. The fraction of sp³-hybridized carbons (Fsp3) is 0.444. The third-order valence-electron chi connectivity index (χ3n) is 4.47. The van der Waals surface area contributed by atoms with Gasteiger partial charge in [-0.25, -0.2) is 0 Å². The standard InChI is InChI=1S/C18H22N2O5/c1-12(21)20-6-4-19(5-7-20)11-14-8-15(22)18-16(24-3)9-13(23-2)10-17(18)25-14/h8-10H,4-7,11H2,1-3H3. The predicted molar refractivity (Wildman–Crippen MR) is 93.1 cm³/mol. The van der Waals surface area contributed by atoms with E-state index in [9.17, 15) is 9.59 Å². The lowest BCUT2D eigenvalue weighted by atomic mass is 10.2. The minimum absolute atomic E-state index is 0.0936. The van der Waals surface area contributed by atoms with Crippen LogP contribution in [0, 0.1) is 0 Å². The summed E-state index contributed by atoms with van der Waals surface area (Å²) in [7, 11) is 3.06. The average Bonchev–Trinajstić information content (AvgIpc) is 2.60. The third-order valence-corrected chi connectivity index (χ3v) is 4.47. The van der Waals surface area contributed by atoms with Gasteiger partial charge in [0.1, 0.15) is 28.2 Å². The van der Waals surface area contributed by atoms with E-state index in [1.54, 1.807) is 26.2 Å². The molecule has 1 fully saturated rings. The highest BCUT2D eigenvalue weighted by atomic mass is 16.5. The summed E-state index contributed by atoms with van der Waals surface area (Å²) < 4.78 is 16.4. The van der Waals surface area contributed by atoms with Crippen molar-refractivity contribution in [3.05, 3.63) is 34.2 Å². The Morgan fingerprint density at radius 2 is 1.84 bits per heavy atom. The number of nitrogens with zero attached hydrogens (tertiary/aromatic N) is 2. The topological polar surface area (TPSA) is 72.2 Å². The van der Waals surface area contributed by atoms with Crippen molar-refractivity contribution < 1.29 is 18.7 Å². The number of carbonyl (C=O) groups excluding carboxylic acids is 1. The van der Waals surface area contributed by atoms with E-state index in [2.05, 4.69) is 4.90 Å². The maximum Gasteiger partial charge on any atom is 0.219 e. The molecule has 1 amide bonds. The summed E-state index contributed by atoms with van der Waals surface area (Å²) in [4.78, 5) is 27.9. The fourth-order valence-electron chi connectivity index (χ4n) is 3.08. The first-order valence-electron chi connectivity index (χ1n) is 8.18. The summed E-state index contributed by atoms with van der Waals surface area (Å²) in [6.45, 7) is 4.99. The molecule has 0 radical (unpaired) electrons. The van der Waals surface area contributed by atoms with Gasteiger partial charge in [-0.05, 0) is 0 Å². The highest BCUT2D eigenvalue weighted by Gasteiger charge is 2.20. The molecular weight excluding hydrogens is 324 g/mol. The number of rotatable bonds is 4. The van der Waals surface area contributed by atoms with Gasteiger partial charge < -0.3 is 18.8 Å². The Morgan fingerprint density at radius 1 is 1.12 bits per heavy atom. The zero-order chi connectivity index (χ0) is 18.0. The predicted octanol–water partition coefficient (Wildman–Crippen LogP) is 1.47. The van der Waals surface area contributed by atoms with Crippen molar-refractivity contribution in [3.8, 4) is 11.5 Å². The van der Waals surface area contributed by atoms with Gasteiger partial charge in [-0.3, -0.25) is 14.5 Å². The molecule has 25 heavy (non-hydrogen) atoms. The van der Waals surface area contributed by atoms with Gasteiger partial charge in [-0.2, -0.15) is 0 Å². The summed E-state index contributed by atoms with van der Waals surface area (Å²) in [6.07, 6.45) is 0. The van der Waals surface area contributed by atoms with Crippen molar-refractivity contribution in [1.82, 2.24) is 9.80 Å². The van der Waals surface area contributed by atoms with Gasteiger partial charge in [0.05, 0.1) is 20.8 Å². The Balaban J connectivity index is 1.86. The smallest absolute Gasteiger partial charge is 0.219 e. The van der Waals surface area contributed by atoms with Gasteiger partial charge >= 0.3 is 0 Å². The summed E-state index contributed by atoms with van der Waals surface area (Å²) >= 11 is 0. The average molecular weight is 346 g/mol. The summed E-state index contributed by atoms with van der Waals surface area (Å²) in [6, 6.07) is 4.87. The molecule has 2 aromatic rings. The van der Waals surface area contributed by atoms with Gasteiger partial charge in [-0.1, -0.05) is 0 Å². The normalized spacial score (nSPS) is 15.4. The maximum absolute atomic E-state index is 12.5. The van der Waals surface area contributed by atoms with Gasteiger partial charge in [-0.15, -0.1) is 0 Å². The number of ether oxygens (including phenoxy) is 2.